The van der Waals surface area contributed by atoms with Crippen LogP contribution in [-0.4, -0.2) is 46.4 Å². The molecule has 0 atom stereocenters. The van der Waals surface area contributed by atoms with Crippen LogP contribution in [0, 0.1) is 0 Å². The molecule has 1 heterocycles. The van der Waals surface area contributed by atoms with Crippen molar-refractivity contribution >= 4 is 26.0 Å². The van der Waals surface area contributed by atoms with E-state index in [9.17, 15) is 21.6 Å². The largest absolute Gasteiger partial charge is 0.304 e. The normalized spacial score (nSPS) is 17.1. The molecule has 0 aliphatic carbocycles. The van der Waals surface area contributed by atoms with Crippen molar-refractivity contribution in [2.45, 2.75) is 24.2 Å². The van der Waals surface area contributed by atoms with Crippen LogP contribution in [0.25, 0.3) is 0 Å². The van der Waals surface area contributed by atoms with E-state index in [1.54, 1.807) is 0 Å². The monoisotopic (exact) mass is 346 g/mol. The summed E-state index contributed by atoms with van der Waals surface area (Å²) in [6, 6.07) is 5.29. The van der Waals surface area contributed by atoms with Crippen molar-refractivity contribution in [2.75, 3.05) is 19.3 Å². The summed E-state index contributed by atoms with van der Waals surface area (Å²) < 4.78 is 50.4. The molecular formula is C13H18N2O5S2. The molecule has 1 fully saturated rings. The Balaban J connectivity index is 2.18. The lowest BCUT2D eigenvalue weighted by Gasteiger charge is -2.25. The number of nitrogens with one attached hydrogen (secondary N) is 1. The van der Waals surface area contributed by atoms with Gasteiger partial charge in [-0.3, -0.25) is 4.79 Å². The molecule has 1 aliphatic rings. The van der Waals surface area contributed by atoms with Crippen LogP contribution in [0.5, 0.6) is 0 Å². The van der Waals surface area contributed by atoms with E-state index in [1.165, 1.54) is 22.5 Å². The second-order valence-corrected chi connectivity index (χ2v) is 8.88. The number of nitrogens with zero attached hydrogens (tertiary/aromatic N) is 1. The zero-order valence-electron chi connectivity index (χ0n) is 12.1. The lowest BCUT2D eigenvalue weighted by molar-refractivity contribution is 0.0978. The number of amides is 1. The minimum Gasteiger partial charge on any atom is -0.268 e. The van der Waals surface area contributed by atoms with Gasteiger partial charge in [-0.2, -0.15) is 12.7 Å². The molecule has 0 radical (unpaired) electrons. The van der Waals surface area contributed by atoms with E-state index in [2.05, 4.69) is 0 Å². The first-order valence-corrected chi connectivity index (χ1v) is 10.2. The van der Waals surface area contributed by atoms with E-state index in [1.807, 2.05) is 4.72 Å². The summed E-state index contributed by atoms with van der Waals surface area (Å²) in [5.74, 6) is -0.837. The molecule has 1 aromatic rings. The van der Waals surface area contributed by atoms with Crippen molar-refractivity contribution in [3.8, 4) is 0 Å². The predicted molar refractivity (Wildman–Crippen MR) is 81.4 cm³/mol. The maximum atomic E-state index is 12.1. The Kier molecular flexibility index (Phi) is 4.88. The maximum Gasteiger partial charge on any atom is 0.304 e. The smallest absolute Gasteiger partial charge is 0.268 e. The fraction of sp³-hybridized carbons (Fsp3) is 0.462. The maximum absolute atomic E-state index is 12.1. The number of hydrogen-bond acceptors (Lipinski definition) is 5. The highest BCUT2D eigenvalue weighted by atomic mass is 32.2. The Morgan fingerprint density at radius 2 is 1.73 bits per heavy atom. The average molecular weight is 346 g/mol. The standard InChI is InChI=1S/C13H18N2O5S2/c1-21(17,18)12-7-5-6-11(10-12)13(16)14-22(19,20)15-8-3-2-4-9-15/h5-7,10H,2-4,8-9H2,1H3,(H,14,16). The molecule has 1 N–H and O–H groups in total. The van der Waals surface area contributed by atoms with Crippen LogP contribution in [0.1, 0.15) is 29.6 Å². The summed E-state index contributed by atoms with van der Waals surface area (Å²) in [6.45, 7) is 0.762. The van der Waals surface area contributed by atoms with Crippen LogP contribution >= 0.6 is 0 Å². The molecule has 9 heteroatoms. The predicted octanol–water partition coefficient (Wildman–Crippen LogP) is 0.551. The Bertz CT molecular complexity index is 765. The third kappa shape index (κ3) is 4.05. The zero-order chi connectivity index (χ0) is 16.4. The number of carbonyl (C=O) groups is 1. The molecule has 122 valence electrons. The lowest BCUT2D eigenvalue weighted by atomic mass is 10.2. The van der Waals surface area contributed by atoms with Gasteiger partial charge in [0.2, 0.25) is 0 Å². The number of sulfone groups is 1. The van der Waals surface area contributed by atoms with Gasteiger partial charge in [-0.25, -0.2) is 13.1 Å². The molecule has 0 bridgehead atoms. The number of benzene rings is 1. The third-order valence-corrected chi connectivity index (χ3v) is 6.00. The molecule has 1 aromatic carbocycles. The van der Waals surface area contributed by atoms with Crippen molar-refractivity contribution in [3.05, 3.63) is 29.8 Å². The molecule has 0 saturated carbocycles. The summed E-state index contributed by atoms with van der Waals surface area (Å²) in [7, 11) is -7.36. The fourth-order valence-electron chi connectivity index (χ4n) is 2.21. The third-order valence-electron chi connectivity index (χ3n) is 3.40. The zero-order valence-corrected chi connectivity index (χ0v) is 13.8. The van der Waals surface area contributed by atoms with Crippen LogP contribution < -0.4 is 4.72 Å². The van der Waals surface area contributed by atoms with Gasteiger partial charge < -0.3 is 0 Å². The minimum atomic E-state index is -3.89. The van der Waals surface area contributed by atoms with Gasteiger partial charge in [0.1, 0.15) is 0 Å². The van der Waals surface area contributed by atoms with Gasteiger partial charge in [0.25, 0.3) is 5.91 Å². The van der Waals surface area contributed by atoms with Crippen LogP contribution in [0.3, 0.4) is 0 Å². The van der Waals surface area contributed by atoms with E-state index < -0.39 is 26.0 Å². The van der Waals surface area contributed by atoms with Crippen LogP contribution in [0.15, 0.2) is 29.2 Å². The fourth-order valence-corrected chi connectivity index (χ4v) is 4.10. The highest BCUT2D eigenvalue weighted by molar-refractivity contribution is 7.90. The highest BCUT2D eigenvalue weighted by Gasteiger charge is 2.26. The van der Waals surface area contributed by atoms with Crippen molar-refractivity contribution in [2.24, 2.45) is 0 Å². The Hall–Kier alpha value is -1.45. The van der Waals surface area contributed by atoms with Crippen LogP contribution in [-0.2, 0) is 20.0 Å². The van der Waals surface area contributed by atoms with Gasteiger partial charge in [-0.05, 0) is 31.0 Å². The molecule has 1 aliphatic heterocycles. The highest BCUT2D eigenvalue weighted by Crippen LogP contribution is 2.14. The second-order valence-electron chi connectivity index (χ2n) is 5.20. The molecule has 1 saturated heterocycles. The summed E-state index contributed by atoms with van der Waals surface area (Å²) in [6.07, 6.45) is 3.52. The first kappa shape index (κ1) is 16.9. The summed E-state index contributed by atoms with van der Waals surface area (Å²) in [5, 5.41) is 0. The van der Waals surface area contributed by atoms with Gasteiger partial charge in [0.15, 0.2) is 9.84 Å². The topological polar surface area (TPSA) is 101 Å². The first-order chi connectivity index (χ1) is 10.2. The van der Waals surface area contributed by atoms with E-state index in [0.717, 1.165) is 31.6 Å². The van der Waals surface area contributed by atoms with Crippen molar-refractivity contribution < 1.29 is 21.6 Å². The molecule has 7 nitrogen and oxygen atoms in total. The van der Waals surface area contributed by atoms with E-state index in [0.29, 0.717) is 13.1 Å². The van der Waals surface area contributed by atoms with Crippen molar-refractivity contribution in [3.63, 3.8) is 0 Å². The van der Waals surface area contributed by atoms with Crippen LogP contribution in [0.4, 0.5) is 0 Å². The van der Waals surface area contributed by atoms with Gasteiger partial charge in [-0.1, -0.05) is 12.5 Å². The van der Waals surface area contributed by atoms with E-state index in [-0.39, 0.29) is 10.5 Å². The summed E-state index contributed by atoms with van der Waals surface area (Å²) in [4.78, 5) is 12.0. The van der Waals surface area contributed by atoms with E-state index >= 15 is 0 Å². The molecule has 1 amide bonds. The Labute approximate surface area is 130 Å². The van der Waals surface area contributed by atoms with Gasteiger partial charge in [0.05, 0.1) is 4.90 Å². The number of hydrogen-bond donors (Lipinski definition) is 1. The molecular weight excluding hydrogens is 328 g/mol. The van der Waals surface area contributed by atoms with Gasteiger partial charge in [0, 0.05) is 24.9 Å². The minimum absolute atomic E-state index is 0.0106. The molecule has 0 aromatic heterocycles. The second kappa shape index (κ2) is 6.35. The molecule has 0 spiro atoms. The van der Waals surface area contributed by atoms with Gasteiger partial charge >= 0.3 is 10.2 Å². The Morgan fingerprint density at radius 3 is 2.32 bits per heavy atom. The lowest BCUT2D eigenvalue weighted by Crippen LogP contribution is -2.45. The molecule has 0 unspecified atom stereocenters. The van der Waals surface area contributed by atoms with Crippen LogP contribution in [0.2, 0.25) is 0 Å². The number of carbonyl (C=O) groups excluding carboxylic acids is 1. The molecule has 2 rings (SSSR count). The summed E-state index contributed by atoms with van der Waals surface area (Å²) in [5.41, 5.74) is -0.0106. The number of piperidine rings is 1. The number of rotatable bonds is 4. The van der Waals surface area contributed by atoms with E-state index in [4.69, 9.17) is 0 Å². The quantitative estimate of drug-likeness (QED) is 0.858. The van der Waals surface area contributed by atoms with Crippen molar-refractivity contribution in [1.29, 1.82) is 0 Å². The Morgan fingerprint density at radius 1 is 1.09 bits per heavy atom. The first-order valence-electron chi connectivity index (χ1n) is 6.82. The van der Waals surface area contributed by atoms with Gasteiger partial charge in [-0.15, -0.1) is 0 Å². The average Bonchev–Trinajstić information content (AvgIpc) is 2.47. The summed E-state index contributed by atoms with van der Waals surface area (Å²) >= 11 is 0. The SMILES string of the molecule is CS(=O)(=O)c1cccc(C(=O)NS(=O)(=O)N2CCCCC2)c1. The van der Waals surface area contributed by atoms with Crippen molar-refractivity contribution in [1.82, 2.24) is 9.03 Å². The molecule has 22 heavy (non-hydrogen) atoms.